The topological polar surface area (TPSA) is 12.0 Å². The molecule has 0 radical (unpaired) electrons. The molecule has 0 aromatic heterocycles. The average molecular weight is 261 g/mol. The van der Waals surface area contributed by atoms with Gasteiger partial charge in [-0.25, -0.2) is 0 Å². The van der Waals surface area contributed by atoms with Gasteiger partial charge in [0.1, 0.15) is 0 Å². The number of hydrogen-bond acceptors (Lipinski definition) is 2. The molecule has 0 amide bonds. The Morgan fingerprint density at radius 1 is 1.39 bits per heavy atom. The fourth-order valence-corrected chi connectivity index (χ4v) is 2.81. The monoisotopic (exact) mass is 261 g/mol. The van der Waals surface area contributed by atoms with Crippen LogP contribution < -0.4 is 5.32 Å². The Morgan fingerprint density at radius 3 is 2.72 bits per heavy atom. The highest BCUT2D eigenvalue weighted by atomic mass is 32.2. The molecule has 1 N–H and O–H groups in total. The number of aryl methyl sites for hydroxylation is 1. The van der Waals surface area contributed by atoms with E-state index in [-0.39, 0.29) is 0 Å². The summed E-state index contributed by atoms with van der Waals surface area (Å²) in [5, 5.41) is 3.72. The molecular formula is C16H23NS. The van der Waals surface area contributed by atoms with Gasteiger partial charge >= 0.3 is 0 Å². The van der Waals surface area contributed by atoms with Gasteiger partial charge in [0, 0.05) is 24.1 Å². The highest BCUT2D eigenvalue weighted by molar-refractivity contribution is 7.99. The molecule has 0 bridgehead atoms. The van der Waals surface area contributed by atoms with Crippen LogP contribution in [0.5, 0.6) is 0 Å². The van der Waals surface area contributed by atoms with E-state index in [9.17, 15) is 0 Å². The minimum absolute atomic E-state index is 0.565. The Kier molecular flexibility index (Phi) is 5.33. The quantitative estimate of drug-likeness (QED) is 0.561. The van der Waals surface area contributed by atoms with Crippen molar-refractivity contribution in [1.82, 2.24) is 5.32 Å². The minimum atomic E-state index is 0.565. The number of rotatable bonds is 8. The normalized spacial score (nSPS) is 16.5. The van der Waals surface area contributed by atoms with Gasteiger partial charge in [-0.2, -0.15) is 11.8 Å². The zero-order valence-corrected chi connectivity index (χ0v) is 12.0. The summed E-state index contributed by atoms with van der Waals surface area (Å²) in [5.41, 5.74) is 2.80. The van der Waals surface area contributed by atoms with E-state index in [2.05, 4.69) is 43.1 Å². The van der Waals surface area contributed by atoms with E-state index in [1.54, 1.807) is 0 Å². The van der Waals surface area contributed by atoms with Crippen molar-refractivity contribution in [3.8, 4) is 0 Å². The van der Waals surface area contributed by atoms with E-state index in [0.29, 0.717) is 6.04 Å². The van der Waals surface area contributed by atoms with E-state index >= 15 is 0 Å². The van der Waals surface area contributed by atoms with Gasteiger partial charge in [0.05, 0.1) is 0 Å². The molecule has 1 aliphatic rings. The molecule has 0 saturated heterocycles. The van der Waals surface area contributed by atoms with Crippen LogP contribution in [0.15, 0.2) is 36.9 Å². The standard InChI is InChI=1S/C16H23NS/c1-3-11-18-12-10-17-16(15-8-9-15)14-6-4-13(2)5-7-14/h3-7,15-17H,1,8-12H2,2H3. The SMILES string of the molecule is C=CCSCCNC(c1ccc(C)cc1)C1CC1. The molecular weight excluding hydrogens is 238 g/mol. The first kappa shape index (κ1) is 13.7. The predicted octanol–water partition coefficient (Wildman–Crippen LogP) is 3.95. The third-order valence-corrected chi connectivity index (χ3v) is 4.34. The Bertz CT molecular complexity index is 367. The highest BCUT2D eigenvalue weighted by Crippen LogP contribution is 2.40. The third kappa shape index (κ3) is 4.18. The van der Waals surface area contributed by atoms with Crippen LogP contribution in [-0.4, -0.2) is 18.1 Å². The molecule has 18 heavy (non-hydrogen) atoms. The summed E-state index contributed by atoms with van der Waals surface area (Å²) in [6, 6.07) is 9.57. The van der Waals surface area contributed by atoms with E-state index < -0.39 is 0 Å². The second-order valence-corrected chi connectivity index (χ2v) is 6.19. The molecule has 1 aromatic carbocycles. The van der Waals surface area contributed by atoms with Crippen molar-refractivity contribution in [3.63, 3.8) is 0 Å². The van der Waals surface area contributed by atoms with Gasteiger partial charge in [-0.3, -0.25) is 0 Å². The van der Waals surface area contributed by atoms with Gasteiger partial charge in [0.25, 0.3) is 0 Å². The molecule has 98 valence electrons. The van der Waals surface area contributed by atoms with Gasteiger partial charge in [-0.05, 0) is 31.2 Å². The zero-order chi connectivity index (χ0) is 12.8. The van der Waals surface area contributed by atoms with Crippen molar-refractivity contribution in [3.05, 3.63) is 48.0 Å². The summed E-state index contributed by atoms with van der Waals surface area (Å²) in [6.07, 6.45) is 4.74. The minimum Gasteiger partial charge on any atom is -0.309 e. The van der Waals surface area contributed by atoms with Gasteiger partial charge in [0.15, 0.2) is 0 Å². The maximum Gasteiger partial charge on any atom is 0.0348 e. The molecule has 1 unspecified atom stereocenters. The zero-order valence-electron chi connectivity index (χ0n) is 11.2. The summed E-state index contributed by atoms with van der Waals surface area (Å²) in [6.45, 7) is 6.99. The largest absolute Gasteiger partial charge is 0.309 e. The first-order chi connectivity index (χ1) is 8.81. The maximum absolute atomic E-state index is 3.75. The van der Waals surface area contributed by atoms with Gasteiger partial charge in [0.2, 0.25) is 0 Å². The van der Waals surface area contributed by atoms with Crippen molar-refractivity contribution < 1.29 is 0 Å². The summed E-state index contributed by atoms with van der Waals surface area (Å²) in [5.74, 6) is 3.08. The van der Waals surface area contributed by atoms with E-state index in [0.717, 1.165) is 18.2 Å². The van der Waals surface area contributed by atoms with Gasteiger partial charge in [-0.15, -0.1) is 6.58 Å². The fourth-order valence-electron chi connectivity index (χ4n) is 2.21. The maximum atomic E-state index is 3.75. The third-order valence-electron chi connectivity index (χ3n) is 3.38. The van der Waals surface area contributed by atoms with Crippen LogP contribution in [0.25, 0.3) is 0 Å². The average Bonchev–Trinajstić information content (AvgIpc) is 3.20. The molecule has 1 aliphatic carbocycles. The number of benzene rings is 1. The Labute approximate surface area is 115 Å². The molecule has 2 rings (SSSR count). The Morgan fingerprint density at radius 2 is 2.11 bits per heavy atom. The molecule has 0 spiro atoms. The Balaban J connectivity index is 1.84. The van der Waals surface area contributed by atoms with Crippen LogP contribution in [0.4, 0.5) is 0 Å². The van der Waals surface area contributed by atoms with E-state index in [1.165, 1.54) is 29.7 Å². The highest BCUT2D eigenvalue weighted by Gasteiger charge is 2.31. The number of thioether (sulfide) groups is 1. The van der Waals surface area contributed by atoms with Crippen molar-refractivity contribution in [2.24, 2.45) is 5.92 Å². The number of hydrogen-bond donors (Lipinski definition) is 1. The van der Waals surface area contributed by atoms with Crippen LogP contribution in [0.3, 0.4) is 0 Å². The van der Waals surface area contributed by atoms with Crippen LogP contribution in [0, 0.1) is 12.8 Å². The molecule has 1 nitrogen and oxygen atoms in total. The van der Waals surface area contributed by atoms with Crippen molar-refractivity contribution in [1.29, 1.82) is 0 Å². The van der Waals surface area contributed by atoms with Crippen LogP contribution >= 0.6 is 11.8 Å². The van der Waals surface area contributed by atoms with Gasteiger partial charge < -0.3 is 5.32 Å². The molecule has 1 saturated carbocycles. The molecule has 1 fully saturated rings. The van der Waals surface area contributed by atoms with Gasteiger partial charge in [-0.1, -0.05) is 35.9 Å². The van der Waals surface area contributed by atoms with Crippen molar-refractivity contribution in [2.45, 2.75) is 25.8 Å². The summed E-state index contributed by atoms with van der Waals surface area (Å²) in [7, 11) is 0. The first-order valence-corrected chi connectivity index (χ1v) is 7.95. The lowest BCUT2D eigenvalue weighted by Gasteiger charge is -2.19. The van der Waals surface area contributed by atoms with Crippen LogP contribution in [0.2, 0.25) is 0 Å². The molecule has 2 heteroatoms. The molecule has 1 aromatic rings. The lowest BCUT2D eigenvalue weighted by molar-refractivity contribution is 0.498. The Hall–Kier alpha value is -0.730. The van der Waals surface area contributed by atoms with Crippen LogP contribution in [0.1, 0.15) is 30.0 Å². The first-order valence-electron chi connectivity index (χ1n) is 6.80. The van der Waals surface area contributed by atoms with Crippen molar-refractivity contribution in [2.75, 3.05) is 18.1 Å². The second kappa shape index (κ2) is 7.01. The van der Waals surface area contributed by atoms with Crippen LogP contribution in [-0.2, 0) is 0 Å². The summed E-state index contributed by atoms with van der Waals surface area (Å²) >= 11 is 1.94. The lowest BCUT2D eigenvalue weighted by atomic mass is 10.0. The second-order valence-electron chi connectivity index (χ2n) is 5.04. The fraction of sp³-hybridized carbons (Fsp3) is 0.500. The summed E-state index contributed by atoms with van der Waals surface area (Å²) in [4.78, 5) is 0. The van der Waals surface area contributed by atoms with Crippen molar-refractivity contribution >= 4 is 11.8 Å². The molecule has 0 aliphatic heterocycles. The molecule has 0 heterocycles. The summed E-state index contributed by atoms with van der Waals surface area (Å²) < 4.78 is 0. The van der Waals surface area contributed by atoms with E-state index in [1.807, 2.05) is 17.8 Å². The number of nitrogens with one attached hydrogen (secondary N) is 1. The smallest absolute Gasteiger partial charge is 0.0348 e. The lowest BCUT2D eigenvalue weighted by Crippen LogP contribution is -2.25. The molecule has 1 atom stereocenters. The predicted molar refractivity (Wildman–Crippen MR) is 82.2 cm³/mol. The van der Waals surface area contributed by atoms with E-state index in [4.69, 9.17) is 0 Å².